The fourth-order valence-corrected chi connectivity index (χ4v) is 0.987. The molecule has 6 N–H and O–H groups in total. The average molecular weight is 217 g/mol. The molecule has 0 saturated heterocycles. The third-order valence-electron chi connectivity index (χ3n) is 2.40. The smallest absolute Gasteiger partial charge is 0.242 e. The zero-order chi connectivity index (χ0) is 12.0. The average Bonchev–Trinajstić information content (AvgIpc) is 2.22. The van der Waals surface area contributed by atoms with Gasteiger partial charge >= 0.3 is 0 Å². The summed E-state index contributed by atoms with van der Waals surface area (Å²) in [6, 6.07) is -1.75. The summed E-state index contributed by atoms with van der Waals surface area (Å²) in [5.74, 6) is -1.23. The molecule has 0 radical (unpaired) electrons. The second-order valence-corrected chi connectivity index (χ2v) is 3.56. The lowest BCUT2D eigenvalue weighted by Gasteiger charge is -2.20. The normalized spacial score (nSPS) is 16.5. The highest BCUT2D eigenvalue weighted by Gasteiger charge is 2.23. The fourth-order valence-electron chi connectivity index (χ4n) is 0.987. The highest BCUT2D eigenvalue weighted by molar-refractivity contribution is 5.89. The zero-order valence-electron chi connectivity index (χ0n) is 9.06. The van der Waals surface area contributed by atoms with Crippen LogP contribution in [0.3, 0.4) is 0 Å². The summed E-state index contributed by atoms with van der Waals surface area (Å²) in [6.07, 6.45) is 0.759. The molecule has 0 aromatic rings. The van der Waals surface area contributed by atoms with Crippen LogP contribution in [0.2, 0.25) is 0 Å². The van der Waals surface area contributed by atoms with Crippen molar-refractivity contribution in [3.63, 3.8) is 0 Å². The second kappa shape index (κ2) is 6.36. The van der Waals surface area contributed by atoms with E-state index in [2.05, 4.69) is 5.32 Å². The predicted octanol–water partition coefficient (Wildman–Crippen LogP) is -1.68. The monoisotopic (exact) mass is 217 g/mol. The Morgan fingerprint density at radius 1 is 1.47 bits per heavy atom. The van der Waals surface area contributed by atoms with Crippen LogP contribution in [-0.4, -0.2) is 35.6 Å². The quantitative estimate of drug-likeness (QED) is 0.425. The van der Waals surface area contributed by atoms with Crippen LogP contribution in [-0.2, 0) is 9.59 Å². The van der Waals surface area contributed by atoms with Crippen molar-refractivity contribution < 1.29 is 14.7 Å². The van der Waals surface area contributed by atoms with Gasteiger partial charge in [0.15, 0.2) is 0 Å². The maximum absolute atomic E-state index is 11.5. The summed E-state index contributed by atoms with van der Waals surface area (Å²) in [4.78, 5) is 22.2. The van der Waals surface area contributed by atoms with Crippen molar-refractivity contribution in [3.05, 3.63) is 0 Å². The van der Waals surface area contributed by atoms with Gasteiger partial charge in [-0.3, -0.25) is 9.59 Å². The summed E-state index contributed by atoms with van der Waals surface area (Å²) in [5.41, 5.74) is 10.6. The molecule has 3 atom stereocenters. The van der Waals surface area contributed by atoms with Crippen LogP contribution in [0.15, 0.2) is 0 Å². The lowest BCUT2D eigenvalue weighted by atomic mass is 9.99. The highest BCUT2D eigenvalue weighted by Crippen LogP contribution is 2.05. The van der Waals surface area contributed by atoms with Crippen molar-refractivity contribution in [1.82, 2.24) is 5.32 Å². The van der Waals surface area contributed by atoms with Gasteiger partial charge in [0.1, 0.15) is 6.04 Å². The number of carbonyl (C=O) groups excluding carboxylic acids is 2. The Hall–Kier alpha value is -1.14. The number of aliphatic hydroxyl groups is 1. The van der Waals surface area contributed by atoms with Crippen LogP contribution < -0.4 is 16.8 Å². The molecule has 0 aromatic carbocycles. The molecule has 0 aliphatic rings. The van der Waals surface area contributed by atoms with Crippen LogP contribution >= 0.6 is 0 Å². The molecule has 0 aliphatic carbocycles. The summed E-state index contributed by atoms with van der Waals surface area (Å²) in [7, 11) is 0. The predicted molar refractivity (Wildman–Crippen MR) is 55.6 cm³/mol. The molecular weight excluding hydrogens is 198 g/mol. The molecule has 2 amide bonds. The first-order chi connectivity index (χ1) is 6.93. The highest BCUT2D eigenvalue weighted by atomic mass is 16.3. The third-order valence-corrected chi connectivity index (χ3v) is 2.40. The number of primary amides is 1. The Balaban J connectivity index is 4.28. The lowest BCUT2D eigenvalue weighted by molar-refractivity contribution is -0.129. The molecule has 0 saturated carbocycles. The molecule has 88 valence electrons. The largest absolute Gasteiger partial charge is 0.394 e. The number of nitrogens with one attached hydrogen (secondary N) is 1. The minimum Gasteiger partial charge on any atom is -0.394 e. The molecule has 0 heterocycles. The first-order valence-corrected chi connectivity index (χ1v) is 4.90. The van der Waals surface area contributed by atoms with Gasteiger partial charge in [0.25, 0.3) is 0 Å². The van der Waals surface area contributed by atoms with Crippen molar-refractivity contribution in [3.8, 4) is 0 Å². The van der Waals surface area contributed by atoms with Gasteiger partial charge in [-0.2, -0.15) is 0 Å². The van der Waals surface area contributed by atoms with Crippen molar-refractivity contribution in [2.45, 2.75) is 32.4 Å². The Bertz CT molecular complexity index is 233. The first-order valence-electron chi connectivity index (χ1n) is 4.90. The number of hydrogen-bond donors (Lipinski definition) is 4. The van der Waals surface area contributed by atoms with Crippen LogP contribution in [0.4, 0.5) is 0 Å². The maximum Gasteiger partial charge on any atom is 0.242 e. The van der Waals surface area contributed by atoms with E-state index in [4.69, 9.17) is 16.6 Å². The van der Waals surface area contributed by atoms with E-state index in [0.717, 1.165) is 6.42 Å². The number of aliphatic hydroxyl groups excluding tert-OH is 1. The third kappa shape index (κ3) is 4.26. The molecule has 0 rings (SSSR count). The molecule has 15 heavy (non-hydrogen) atoms. The van der Waals surface area contributed by atoms with E-state index in [0.29, 0.717) is 0 Å². The number of rotatable bonds is 6. The fraction of sp³-hybridized carbons (Fsp3) is 0.778. The van der Waals surface area contributed by atoms with Crippen molar-refractivity contribution in [2.75, 3.05) is 6.61 Å². The molecule has 6 nitrogen and oxygen atoms in total. The van der Waals surface area contributed by atoms with E-state index in [9.17, 15) is 9.59 Å². The molecule has 0 bridgehead atoms. The van der Waals surface area contributed by atoms with E-state index in [1.807, 2.05) is 13.8 Å². The Kier molecular flexibility index (Phi) is 5.88. The Morgan fingerprint density at radius 2 is 2.00 bits per heavy atom. The van der Waals surface area contributed by atoms with E-state index >= 15 is 0 Å². The van der Waals surface area contributed by atoms with Gasteiger partial charge in [-0.05, 0) is 5.92 Å². The van der Waals surface area contributed by atoms with E-state index in [-0.39, 0.29) is 5.92 Å². The molecule has 0 aliphatic heterocycles. The van der Waals surface area contributed by atoms with Crippen LogP contribution in [0.25, 0.3) is 0 Å². The van der Waals surface area contributed by atoms with E-state index in [1.165, 1.54) is 0 Å². The van der Waals surface area contributed by atoms with Crippen molar-refractivity contribution in [1.29, 1.82) is 0 Å². The molecule has 0 spiro atoms. The standard InChI is InChI=1S/C9H19N3O3/c1-3-5(2)7(10)9(15)12-6(4-13)8(11)14/h5-7,13H,3-4,10H2,1-2H3,(H2,11,14)(H,12,15)/t5-,6+,7-/m0/s1. The lowest BCUT2D eigenvalue weighted by Crippen LogP contribution is -2.53. The van der Waals surface area contributed by atoms with Gasteiger partial charge in [0.2, 0.25) is 11.8 Å². The molecule has 0 aromatic heterocycles. The van der Waals surface area contributed by atoms with Gasteiger partial charge in [0.05, 0.1) is 12.6 Å². The van der Waals surface area contributed by atoms with Gasteiger partial charge in [-0.15, -0.1) is 0 Å². The van der Waals surface area contributed by atoms with Crippen molar-refractivity contribution >= 4 is 11.8 Å². The van der Waals surface area contributed by atoms with Crippen LogP contribution in [0.5, 0.6) is 0 Å². The topological polar surface area (TPSA) is 118 Å². The summed E-state index contributed by atoms with van der Waals surface area (Å²) >= 11 is 0. The van der Waals surface area contributed by atoms with Gasteiger partial charge in [-0.25, -0.2) is 0 Å². The molecular formula is C9H19N3O3. The van der Waals surface area contributed by atoms with Crippen LogP contribution in [0, 0.1) is 5.92 Å². The summed E-state index contributed by atoms with van der Waals surface area (Å²) < 4.78 is 0. The molecule has 6 heteroatoms. The van der Waals surface area contributed by atoms with Gasteiger partial charge in [-0.1, -0.05) is 20.3 Å². The Morgan fingerprint density at radius 3 is 2.33 bits per heavy atom. The first kappa shape index (κ1) is 13.9. The Labute approximate surface area is 89.0 Å². The number of nitrogens with two attached hydrogens (primary N) is 2. The van der Waals surface area contributed by atoms with Crippen molar-refractivity contribution in [2.24, 2.45) is 17.4 Å². The number of amides is 2. The van der Waals surface area contributed by atoms with Gasteiger partial charge in [0, 0.05) is 0 Å². The van der Waals surface area contributed by atoms with Crippen LogP contribution in [0.1, 0.15) is 20.3 Å². The molecule has 0 unspecified atom stereocenters. The number of carbonyl (C=O) groups is 2. The second-order valence-electron chi connectivity index (χ2n) is 3.56. The maximum atomic E-state index is 11.5. The summed E-state index contributed by atoms with van der Waals surface area (Å²) in [5, 5.41) is 11.1. The minimum absolute atomic E-state index is 0.0113. The number of hydrogen-bond acceptors (Lipinski definition) is 4. The SMILES string of the molecule is CC[C@H](C)[C@H](N)C(=O)N[C@H](CO)C(N)=O. The molecule has 0 fully saturated rings. The zero-order valence-corrected chi connectivity index (χ0v) is 9.06. The van der Waals surface area contributed by atoms with E-state index in [1.54, 1.807) is 0 Å². The minimum atomic E-state index is -1.06. The van der Waals surface area contributed by atoms with Gasteiger partial charge < -0.3 is 21.9 Å². The summed E-state index contributed by atoms with van der Waals surface area (Å²) in [6.45, 7) is 3.23. The van der Waals surface area contributed by atoms with E-state index < -0.39 is 30.5 Å².